The minimum atomic E-state index is 0.591. The number of hydrogen-bond acceptors (Lipinski definition) is 4. The van der Waals surface area contributed by atoms with Gasteiger partial charge in [-0.25, -0.2) is 0 Å². The van der Waals surface area contributed by atoms with E-state index in [4.69, 9.17) is 14.2 Å². The van der Waals surface area contributed by atoms with E-state index < -0.39 is 0 Å². The predicted octanol–water partition coefficient (Wildman–Crippen LogP) is 3.60. The lowest BCUT2D eigenvalue weighted by molar-refractivity contribution is 0.311. The zero-order valence-corrected chi connectivity index (χ0v) is 16.1. The molecule has 140 valence electrons. The van der Waals surface area contributed by atoms with E-state index in [1.54, 1.807) is 21.3 Å². The molecule has 0 saturated heterocycles. The van der Waals surface area contributed by atoms with Gasteiger partial charge in [-0.2, -0.15) is 0 Å². The molecule has 0 aliphatic heterocycles. The molecule has 0 bridgehead atoms. The number of benzene rings is 2. The molecule has 2 aromatic rings. The number of nitrogens with zero attached hydrogens (tertiary/aromatic N) is 1. The van der Waals surface area contributed by atoms with Crippen molar-refractivity contribution in [2.75, 3.05) is 33.2 Å². The minimum Gasteiger partial charge on any atom is -0.496 e. The SMILES string of the molecule is CCOc1ccc(NC(=NC)NCc2ccc(OC)c(C)c2)cc1OC. The molecular weight excluding hydrogens is 330 g/mol. The highest BCUT2D eigenvalue weighted by atomic mass is 16.5. The summed E-state index contributed by atoms with van der Waals surface area (Å²) < 4.78 is 16.2. The van der Waals surface area contributed by atoms with Crippen LogP contribution in [0.4, 0.5) is 5.69 Å². The summed E-state index contributed by atoms with van der Waals surface area (Å²) in [5, 5.41) is 6.56. The van der Waals surface area contributed by atoms with Crippen LogP contribution < -0.4 is 24.8 Å². The van der Waals surface area contributed by atoms with Gasteiger partial charge in [0.05, 0.1) is 20.8 Å². The molecular formula is C20H27N3O3. The molecule has 0 aromatic heterocycles. The van der Waals surface area contributed by atoms with Crippen LogP contribution in [0.3, 0.4) is 0 Å². The first kappa shape index (κ1) is 19.4. The molecule has 0 fully saturated rings. The fraction of sp³-hybridized carbons (Fsp3) is 0.350. The third kappa shape index (κ3) is 5.05. The van der Waals surface area contributed by atoms with Gasteiger partial charge in [-0.05, 0) is 43.2 Å². The minimum absolute atomic E-state index is 0.591. The van der Waals surface area contributed by atoms with Crippen molar-refractivity contribution in [3.63, 3.8) is 0 Å². The Hall–Kier alpha value is -2.89. The highest BCUT2D eigenvalue weighted by Gasteiger charge is 2.07. The van der Waals surface area contributed by atoms with Crippen LogP contribution in [0.1, 0.15) is 18.1 Å². The molecule has 0 saturated carbocycles. The number of aryl methyl sites for hydroxylation is 1. The van der Waals surface area contributed by atoms with E-state index >= 15 is 0 Å². The van der Waals surface area contributed by atoms with Crippen LogP contribution in [0.2, 0.25) is 0 Å². The van der Waals surface area contributed by atoms with Gasteiger partial charge in [-0.3, -0.25) is 4.99 Å². The van der Waals surface area contributed by atoms with Crippen LogP contribution in [0.5, 0.6) is 17.2 Å². The average molecular weight is 357 g/mol. The number of ether oxygens (including phenoxy) is 3. The first-order valence-corrected chi connectivity index (χ1v) is 8.53. The number of rotatable bonds is 7. The summed E-state index contributed by atoms with van der Waals surface area (Å²) in [7, 11) is 5.04. The molecule has 0 aliphatic carbocycles. The van der Waals surface area contributed by atoms with E-state index in [0.29, 0.717) is 24.9 Å². The Bertz CT molecular complexity index is 760. The Morgan fingerprint density at radius 2 is 1.73 bits per heavy atom. The molecule has 0 radical (unpaired) electrons. The summed E-state index contributed by atoms with van der Waals surface area (Å²) in [6, 6.07) is 11.8. The molecule has 0 heterocycles. The van der Waals surface area contributed by atoms with Gasteiger partial charge in [-0.15, -0.1) is 0 Å². The number of guanidine groups is 1. The average Bonchev–Trinajstić information content (AvgIpc) is 2.66. The molecule has 6 heteroatoms. The van der Waals surface area contributed by atoms with Crippen molar-refractivity contribution < 1.29 is 14.2 Å². The molecule has 2 rings (SSSR count). The highest BCUT2D eigenvalue weighted by molar-refractivity contribution is 5.93. The monoisotopic (exact) mass is 357 g/mol. The van der Waals surface area contributed by atoms with Gasteiger partial charge in [0.1, 0.15) is 5.75 Å². The Morgan fingerprint density at radius 3 is 2.35 bits per heavy atom. The lowest BCUT2D eigenvalue weighted by Gasteiger charge is -2.15. The first-order valence-electron chi connectivity index (χ1n) is 8.53. The largest absolute Gasteiger partial charge is 0.496 e. The summed E-state index contributed by atoms with van der Waals surface area (Å²) in [6.45, 7) is 5.21. The van der Waals surface area contributed by atoms with Crippen molar-refractivity contribution in [3.05, 3.63) is 47.5 Å². The molecule has 26 heavy (non-hydrogen) atoms. The van der Waals surface area contributed by atoms with Crippen molar-refractivity contribution >= 4 is 11.6 Å². The quantitative estimate of drug-likeness (QED) is 0.586. The molecule has 0 unspecified atom stereocenters. The Balaban J connectivity index is 2.02. The fourth-order valence-corrected chi connectivity index (χ4v) is 2.57. The van der Waals surface area contributed by atoms with Gasteiger partial charge in [0.15, 0.2) is 17.5 Å². The standard InChI is InChI=1S/C20H27N3O3/c1-6-26-18-10-8-16(12-19(18)25-5)23-20(21-3)22-13-15-7-9-17(24-4)14(2)11-15/h7-12H,6,13H2,1-5H3,(H2,21,22,23). The van der Waals surface area contributed by atoms with E-state index in [-0.39, 0.29) is 0 Å². The van der Waals surface area contributed by atoms with Crippen molar-refractivity contribution in [2.24, 2.45) is 4.99 Å². The summed E-state index contributed by atoms with van der Waals surface area (Å²) in [5.74, 6) is 2.96. The third-order valence-corrected chi connectivity index (χ3v) is 3.87. The summed E-state index contributed by atoms with van der Waals surface area (Å²) in [6.07, 6.45) is 0. The van der Waals surface area contributed by atoms with E-state index in [1.807, 2.05) is 44.2 Å². The van der Waals surface area contributed by atoms with Crippen LogP contribution in [-0.2, 0) is 6.54 Å². The Kier molecular flexibility index (Phi) is 7.14. The lowest BCUT2D eigenvalue weighted by atomic mass is 10.1. The number of aliphatic imine (C=N–C) groups is 1. The third-order valence-electron chi connectivity index (χ3n) is 3.87. The van der Waals surface area contributed by atoms with Crippen LogP contribution in [0.15, 0.2) is 41.4 Å². The molecule has 0 amide bonds. The van der Waals surface area contributed by atoms with Crippen LogP contribution in [-0.4, -0.2) is 33.8 Å². The Labute approximate surface area is 155 Å². The normalized spacial score (nSPS) is 11.0. The van der Waals surface area contributed by atoms with E-state index in [9.17, 15) is 0 Å². The number of methoxy groups -OCH3 is 2. The fourth-order valence-electron chi connectivity index (χ4n) is 2.57. The topological polar surface area (TPSA) is 64.1 Å². The zero-order chi connectivity index (χ0) is 18.9. The van der Waals surface area contributed by atoms with Crippen molar-refractivity contribution in [2.45, 2.75) is 20.4 Å². The molecule has 0 atom stereocenters. The second kappa shape index (κ2) is 9.56. The van der Waals surface area contributed by atoms with Crippen LogP contribution >= 0.6 is 0 Å². The maximum atomic E-state index is 5.54. The summed E-state index contributed by atoms with van der Waals surface area (Å²) in [4.78, 5) is 4.27. The van der Waals surface area contributed by atoms with Crippen molar-refractivity contribution in [3.8, 4) is 17.2 Å². The maximum absolute atomic E-state index is 5.54. The second-order valence-corrected chi connectivity index (χ2v) is 5.65. The summed E-state index contributed by atoms with van der Waals surface area (Å²) >= 11 is 0. The van der Waals surface area contributed by atoms with E-state index in [2.05, 4.69) is 21.7 Å². The molecule has 0 aliphatic rings. The van der Waals surface area contributed by atoms with Crippen LogP contribution in [0.25, 0.3) is 0 Å². The molecule has 2 N–H and O–H groups in total. The predicted molar refractivity (Wildman–Crippen MR) is 106 cm³/mol. The lowest BCUT2D eigenvalue weighted by Crippen LogP contribution is -2.30. The molecule has 2 aromatic carbocycles. The van der Waals surface area contributed by atoms with E-state index in [0.717, 1.165) is 28.3 Å². The molecule has 6 nitrogen and oxygen atoms in total. The van der Waals surface area contributed by atoms with Gasteiger partial charge in [0.25, 0.3) is 0 Å². The second-order valence-electron chi connectivity index (χ2n) is 5.65. The first-order chi connectivity index (χ1) is 12.6. The van der Waals surface area contributed by atoms with Gasteiger partial charge in [0.2, 0.25) is 0 Å². The van der Waals surface area contributed by atoms with Gasteiger partial charge in [-0.1, -0.05) is 12.1 Å². The molecule has 0 spiro atoms. The highest BCUT2D eigenvalue weighted by Crippen LogP contribution is 2.30. The number of anilines is 1. The van der Waals surface area contributed by atoms with E-state index in [1.165, 1.54) is 0 Å². The van der Waals surface area contributed by atoms with Gasteiger partial charge in [0, 0.05) is 25.3 Å². The summed E-state index contributed by atoms with van der Waals surface area (Å²) in [5.41, 5.74) is 3.12. The van der Waals surface area contributed by atoms with Crippen LogP contribution in [0, 0.1) is 6.92 Å². The number of nitrogens with one attached hydrogen (secondary N) is 2. The van der Waals surface area contributed by atoms with Crippen molar-refractivity contribution in [1.82, 2.24) is 5.32 Å². The van der Waals surface area contributed by atoms with Crippen molar-refractivity contribution in [1.29, 1.82) is 0 Å². The zero-order valence-electron chi connectivity index (χ0n) is 16.1. The van der Waals surface area contributed by atoms with Gasteiger partial charge < -0.3 is 24.8 Å². The maximum Gasteiger partial charge on any atom is 0.195 e. The Morgan fingerprint density at radius 1 is 1.00 bits per heavy atom. The number of hydrogen-bond donors (Lipinski definition) is 2. The smallest absolute Gasteiger partial charge is 0.195 e. The van der Waals surface area contributed by atoms with Gasteiger partial charge >= 0.3 is 0 Å².